The molecule has 0 rings (SSSR count). The third kappa shape index (κ3) is 11.5. The van der Waals surface area contributed by atoms with E-state index in [1.54, 1.807) is 7.05 Å². The fraction of sp³-hybridized carbons (Fsp3) is 0.846. The summed E-state index contributed by atoms with van der Waals surface area (Å²) in [6.07, 6.45) is 2.14. The maximum atomic E-state index is 11.3. The van der Waals surface area contributed by atoms with Crippen molar-refractivity contribution in [3.63, 3.8) is 0 Å². The van der Waals surface area contributed by atoms with Gasteiger partial charge in [0.25, 0.3) is 0 Å². The highest BCUT2D eigenvalue weighted by Crippen LogP contribution is 2.07. The van der Waals surface area contributed by atoms with Crippen molar-refractivity contribution in [3.05, 3.63) is 0 Å². The number of rotatable bonds is 8. The average molecular weight is 274 g/mol. The van der Waals surface area contributed by atoms with E-state index in [1.807, 2.05) is 20.8 Å². The first-order valence-corrected chi connectivity index (χ1v) is 6.60. The number of nitrogens with one attached hydrogen (secondary N) is 2. The highest BCUT2D eigenvalue weighted by molar-refractivity contribution is 5.67. The molecule has 0 aliphatic rings. The summed E-state index contributed by atoms with van der Waals surface area (Å²) in [6, 6.07) is -0.0148. The van der Waals surface area contributed by atoms with Crippen molar-refractivity contribution >= 4 is 12.1 Å². The van der Waals surface area contributed by atoms with Gasteiger partial charge in [-0.1, -0.05) is 6.42 Å². The molecule has 0 spiro atoms. The van der Waals surface area contributed by atoms with Gasteiger partial charge in [-0.05, 0) is 40.7 Å². The van der Waals surface area contributed by atoms with E-state index in [0.717, 1.165) is 19.3 Å². The lowest BCUT2D eigenvalue weighted by atomic mass is 10.1. The van der Waals surface area contributed by atoms with Crippen LogP contribution in [-0.4, -0.2) is 42.4 Å². The van der Waals surface area contributed by atoms with E-state index in [9.17, 15) is 9.59 Å². The highest BCUT2D eigenvalue weighted by atomic mass is 16.6. The third-order valence-electron chi connectivity index (χ3n) is 2.48. The smallest absolute Gasteiger partial charge is 0.407 e. The molecule has 1 unspecified atom stereocenters. The molecule has 0 aliphatic carbocycles. The van der Waals surface area contributed by atoms with Gasteiger partial charge in [-0.15, -0.1) is 0 Å². The van der Waals surface area contributed by atoms with Crippen LogP contribution in [0.3, 0.4) is 0 Å². The Morgan fingerprint density at radius 2 is 1.89 bits per heavy atom. The minimum atomic E-state index is -0.800. The van der Waals surface area contributed by atoms with Crippen LogP contribution in [0.4, 0.5) is 4.79 Å². The van der Waals surface area contributed by atoms with Crippen LogP contribution in [-0.2, 0) is 9.53 Å². The number of alkyl carbamates (subject to hydrolysis) is 1. The van der Waals surface area contributed by atoms with Crippen LogP contribution in [0.15, 0.2) is 0 Å². The Hall–Kier alpha value is -1.30. The van der Waals surface area contributed by atoms with E-state index in [0.29, 0.717) is 6.54 Å². The summed E-state index contributed by atoms with van der Waals surface area (Å²) in [5.41, 5.74) is -0.483. The second-order valence-electron chi connectivity index (χ2n) is 5.51. The summed E-state index contributed by atoms with van der Waals surface area (Å²) >= 11 is 0. The number of carboxylic acids is 1. The lowest BCUT2D eigenvalue weighted by Gasteiger charge is -2.19. The van der Waals surface area contributed by atoms with Crippen LogP contribution in [0.5, 0.6) is 0 Å². The number of aliphatic carboxylic acids is 1. The quantitative estimate of drug-likeness (QED) is 0.587. The number of carboxylic acid groups (broad SMARTS) is 1. The van der Waals surface area contributed by atoms with Gasteiger partial charge < -0.3 is 20.5 Å². The molecular weight excluding hydrogens is 248 g/mol. The van der Waals surface area contributed by atoms with Gasteiger partial charge in [-0.3, -0.25) is 4.79 Å². The minimum absolute atomic E-state index is 0.0148. The predicted octanol–water partition coefficient (Wildman–Crippen LogP) is 1.74. The summed E-state index contributed by atoms with van der Waals surface area (Å²) in [6.45, 7) is 5.99. The van der Waals surface area contributed by atoms with Crippen molar-refractivity contribution in [2.75, 3.05) is 13.6 Å². The molecule has 0 aliphatic heterocycles. The normalized spacial score (nSPS) is 12.8. The van der Waals surface area contributed by atoms with Crippen molar-refractivity contribution in [3.8, 4) is 0 Å². The van der Waals surface area contributed by atoms with Crippen molar-refractivity contribution in [1.29, 1.82) is 0 Å². The predicted molar refractivity (Wildman–Crippen MR) is 73.2 cm³/mol. The summed E-state index contributed by atoms with van der Waals surface area (Å²) < 4.78 is 5.10. The third-order valence-corrected chi connectivity index (χ3v) is 2.48. The van der Waals surface area contributed by atoms with Crippen LogP contribution in [0.1, 0.15) is 46.5 Å². The maximum Gasteiger partial charge on any atom is 0.407 e. The summed E-state index contributed by atoms with van der Waals surface area (Å²) in [7, 11) is 1.76. The molecule has 0 aromatic rings. The molecule has 19 heavy (non-hydrogen) atoms. The Bertz CT molecular complexity index is 287. The van der Waals surface area contributed by atoms with Crippen LogP contribution in [0, 0.1) is 0 Å². The lowest BCUT2D eigenvalue weighted by Crippen LogP contribution is -2.33. The Morgan fingerprint density at radius 3 is 2.37 bits per heavy atom. The van der Waals surface area contributed by atoms with Crippen LogP contribution in [0.2, 0.25) is 0 Å². The number of carbonyl (C=O) groups excluding carboxylic acids is 1. The minimum Gasteiger partial charge on any atom is -0.481 e. The Balaban J connectivity index is 3.64. The zero-order valence-corrected chi connectivity index (χ0v) is 12.3. The molecular formula is C13H26N2O4. The molecule has 1 atom stereocenters. The van der Waals surface area contributed by atoms with Crippen molar-refractivity contribution in [1.82, 2.24) is 10.6 Å². The van der Waals surface area contributed by atoms with E-state index in [1.165, 1.54) is 0 Å². The standard InChI is InChI=1S/C13H26N2O4/c1-13(2,3)19-12(18)15-8-6-5-7-10(14-4)9-11(16)17/h10,14H,5-9H2,1-4H3,(H,15,18)(H,16,17). The number of carbonyl (C=O) groups is 2. The van der Waals surface area contributed by atoms with E-state index in [4.69, 9.17) is 9.84 Å². The molecule has 1 amide bonds. The first-order chi connectivity index (χ1) is 8.74. The monoisotopic (exact) mass is 274 g/mol. The molecule has 3 N–H and O–H groups in total. The number of amides is 1. The van der Waals surface area contributed by atoms with Crippen molar-refractivity contribution in [2.45, 2.75) is 58.1 Å². The van der Waals surface area contributed by atoms with E-state index in [-0.39, 0.29) is 12.5 Å². The number of unbranched alkanes of at least 4 members (excludes halogenated alkanes) is 1. The molecule has 0 saturated heterocycles. The molecule has 0 fully saturated rings. The summed E-state index contributed by atoms with van der Waals surface area (Å²) in [5, 5.41) is 14.3. The molecule has 6 heteroatoms. The molecule has 0 aromatic carbocycles. The molecule has 112 valence electrons. The summed E-state index contributed by atoms with van der Waals surface area (Å²) in [5.74, 6) is -0.800. The number of hydrogen-bond acceptors (Lipinski definition) is 4. The van der Waals surface area contributed by atoms with Crippen molar-refractivity contribution < 1.29 is 19.4 Å². The second kappa shape index (κ2) is 8.74. The molecule has 6 nitrogen and oxygen atoms in total. The van der Waals surface area contributed by atoms with Gasteiger partial charge in [-0.25, -0.2) is 4.79 Å². The van der Waals surface area contributed by atoms with Crippen LogP contribution >= 0.6 is 0 Å². The SMILES string of the molecule is CNC(CCCCNC(=O)OC(C)(C)C)CC(=O)O. The summed E-state index contributed by atoms with van der Waals surface area (Å²) in [4.78, 5) is 21.9. The van der Waals surface area contributed by atoms with E-state index < -0.39 is 17.7 Å². The maximum absolute atomic E-state index is 11.3. The Labute approximate surface area is 114 Å². The van der Waals surface area contributed by atoms with Crippen LogP contribution < -0.4 is 10.6 Å². The first-order valence-electron chi connectivity index (χ1n) is 6.60. The van der Waals surface area contributed by atoms with Gasteiger partial charge in [0.15, 0.2) is 0 Å². The topological polar surface area (TPSA) is 87.7 Å². The second-order valence-corrected chi connectivity index (χ2v) is 5.51. The largest absolute Gasteiger partial charge is 0.481 e. The van der Waals surface area contributed by atoms with E-state index in [2.05, 4.69) is 10.6 Å². The van der Waals surface area contributed by atoms with Gasteiger partial charge in [0.2, 0.25) is 0 Å². The molecule has 0 saturated carbocycles. The van der Waals surface area contributed by atoms with Gasteiger partial charge in [0.1, 0.15) is 5.60 Å². The number of hydrogen-bond donors (Lipinski definition) is 3. The van der Waals surface area contributed by atoms with Gasteiger partial charge in [0, 0.05) is 12.6 Å². The molecule has 0 heterocycles. The Kier molecular flexibility index (Phi) is 8.14. The van der Waals surface area contributed by atoms with Crippen molar-refractivity contribution in [2.24, 2.45) is 0 Å². The highest BCUT2D eigenvalue weighted by Gasteiger charge is 2.15. The zero-order valence-electron chi connectivity index (χ0n) is 12.3. The average Bonchev–Trinajstić information content (AvgIpc) is 2.23. The molecule has 0 radical (unpaired) electrons. The Morgan fingerprint density at radius 1 is 1.26 bits per heavy atom. The van der Waals surface area contributed by atoms with Crippen LogP contribution in [0.25, 0.3) is 0 Å². The van der Waals surface area contributed by atoms with Gasteiger partial charge in [0.05, 0.1) is 6.42 Å². The number of ether oxygens (including phenoxy) is 1. The fourth-order valence-electron chi connectivity index (χ4n) is 1.58. The fourth-order valence-corrected chi connectivity index (χ4v) is 1.58. The lowest BCUT2D eigenvalue weighted by molar-refractivity contribution is -0.137. The molecule has 0 aromatic heterocycles. The van der Waals surface area contributed by atoms with Gasteiger partial charge in [-0.2, -0.15) is 0 Å². The zero-order chi connectivity index (χ0) is 14.9. The molecule has 0 bridgehead atoms. The van der Waals surface area contributed by atoms with Gasteiger partial charge >= 0.3 is 12.1 Å². The first kappa shape index (κ1) is 17.7. The van der Waals surface area contributed by atoms with E-state index >= 15 is 0 Å².